The van der Waals surface area contributed by atoms with Crippen LogP contribution in [0.2, 0.25) is 0 Å². The molecule has 0 aliphatic carbocycles. The summed E-state index contributed by atoms with van der Waals surface area (Å²) in [6.45, 7) is 1.29. The van der Waals surface area contributed by atoms with E-state index in [1.165, 1.54) is 13.3 Å². The molecule has 0 aromatic carbocycles. The van der Waals surface area contributed by atoms with Crippen LogP contribution in [0.1, 0.15) is 10.4 Å². The fourth-order valence-corrected chi connectivity index (χ4v) is 1.18. The fourth-order valence-electron chi connectivity index (χ4n) is 1.18. The average molecular weight is 239 g/mol. The van der Waals surface area contributed by atoms with Crippen molar-refractivity contribution in [2.24, 2.45) is 0 Å². The normalized spacial score (nSPS) is 10.4. The maximum atomic E-state index is 11.8. The Bertz CT molecular complexity index is 394. The maximum Gasteiger partial charge on any atom is 0.258 e. The van der Waals surface area contributed by atoms with Gasteiger partial charge in [0.05, 0.1) is 7.11 Å². The summed E-state index contributed by atoms with van der Waals surface area (Å²) >= 11 is 0. The topological polar surface area (TPSA) is 93.4 Å². The molecule has 0 saturated carbocycles. The number of carbonyl (C=O) groups excluding carboxylic acids is 1. The molecule has 1 rings (SSSR count). The van der Waals surface area contributed by atoms with Crippen molar-refractivity contribution >= 4 is 11.9 Å². The van der Waals surface area contributed by atoms with Crippen molar-refractivity contribution in [1.82, 2.24) is 20.2 Å². The standard InChI is InChI=1S/C10H17N5O2/c1-15(2)5-4-12-8(16)7-6-13-10(11)14-9(7)17-3/h6H,4-5H2,1-3H3,(H,12,16)(H2,11,13,14). The molecule has 0 bridgehead atoms. The highest BCUT2D eigenvalue weighted by molar-refractivity contribution is 5.96. The third-order valence-electron chi connectivity index (χ3n) is 2.05. The van der Waals surface area contributed by atoms with E-state index in [-0.39, 0.29) is 23.3 Å². The molecule has 0 unspecified atom stereocenters. The molecule has 7 heteroatoms. The third-order valence-corrected chi connectivity index (χ3v) is 2.05. The first-order valence-electron chi connectivity index (χ1n) is 5.14. The van der Waals surface area contributed by atoms with Crippen LogP contribution in [0.15, 0.2) is 6.20 Å². The quantitative estimate of drug-likeness (QED) is 0.710. The molecule has 0 fully saturated rings. The molecule has 94 valence electrons. The number of aromatic nitrogens is 2. The number of anilines is 1. The van der Waals surface area contributed by atoms with Gasteiger partial charge in [-0.15, -0.1) is 0 Å². The van der Waals surface area contributed by atoms with Crippen molar-refractivity contribution in [2.75, 3.05) is 40.0 Å². The van der Waals surface area contributed by atoms with Crippen molar-refractivity contribution in [1.29, 1.82) is 0 Å². The number of carbonyl (C=O) groups is 1. The van der Waals surface area contributed by atoms with Gasteiger partial charge in [-0.05, 0) is 14.1 Å². The smallest absolute Gasteiger partial charge is 0.258 e. The minimum absolute atomic E-state index is 0.0756. The van der Waals surface area contributed by atoms with Crippen LogP contribution in [-0.4, -0.2) is 55.1 Å². The van der Waals surface area contributed by atoms with Gasteiger partial charge in [0.2, 0.25) is 11.8 Å². The Labute approximate surface area is 100.0 Å². The van der Waals surface area contributed by atoms with Gasteiger partial charge in [0.25, 0.3) is 5.91 Å². The second-order valence-corrected chi connectivity index (χ2v) is 3.71. The monoisotopic (exact) mass is 239 g/mol. The summed E-state index contributed by atoms with van der Waals surface area (Å²) in [7, 11) is 5.29. The van der Waals surface area contributed by atoms with E-state index in [1.54, 1.807) is 0 Å². The lowest BCUT2D eigenvalue weighted by atomic mass is 10.3. The van der Waals surface area contributed by atoms with Gasteiger partial charge in [0.1, 0.15) is 5.56 Å². The van der Waals surface area contributed by atoms with Gasteiger partial charge < -0.3 is 20.7 Å². The molecule has 0 saturated heterocycles. The zero-order valence-corrected chi connectivity index (χ0v) is 10.2. The fraction of sp³-hybridized carbons (Fsp3) is 0.500. The van der Waals surface area contributed by atoms with Gasteiger partial charge in [-0.1, -0.05) is 0 Å². The number of nitrogens with two attached hydrogens (primary N) is 1. The molecule has 1 aromatic heterocycles. The first-order chi connectivity index (χ1) is 8.04. The zero-order valence-electron chi connectivity index (χ0n) is 10.2. The van der Waals surface area contributed by atoms with Gasteiger partial charge in [0.15, 0.2) is 0 Å². The first-order valence-corrected chi connectivity index (χ1v) is 5.14. The van der Waals surface area contributed by atoms with E-state index in [4.69, 9.17) is 10.5 Å². The Morgan fingerprint density at radius 2 is 2.29 bits per heavy atom. The van der Waals surface area contributed by atoms with Gasteiger partial charge in [-0.25, -0.2) is 4.98 Å². The number of ether oxygens (including phenoxy) is 1. The van der Waals surface area contributed by atoms with Crippen LogP contribution in [0.3, 0.4) is 0 Å². The van der Waals surface area contributed by atoms with E-state index in [0.717, 1.165) is 6.54 Å². The lowest BCUT2D eigenvalue weighted by Crippen LogP contribution is -2.31. The second kappa shape index (κ2) is 6.00. The van der Waals surface area contributed by atoms with E-state index in [9.17, 15) is 4.79 Å². The Balaban J connectivity index is 2.68. The molecule has 3 N–H and O–H groups in total. The van der Waals surface area contributed by atoms with E-state index < -0.39 is 0 Å². The number of methoxy groups -OCH3 is 1. The number of rotatable bonds is 5. The highest BCUT2D eigenvalue weighted by Gasteiger charge is 2.14. The SMILES string of the molecule is COc1nc(N)ncc1C(=O)NCCN(C)C. The minimum atomic E-state index is -0.274. The summed E-state index contributed by atoms with van der Waals surface area (Å²) < 4.78 is 4.97. The van der Waals surface area contributed by atoms with Crippen LogP contribution in [-0.2, 0) is 0 Å². The van der Waals surface area contributed by atoms with Crippen LogP contribution in [0.5, 0.6) is 5.88 Å². The highest BCUT2D eigenvalue weighted by Crippen LogP contribution is 2.14. The maximum absolute atomic E-state index is 11.8. The number of hydrogen-bond acceptors (Lipinski definition) is 6. The number of nitrogen functional groups attached to an aromatic ring is 1. The molecular formula is C10H17N5O2. The molecule has 0 aliphatic heterocycles. The van der Waals surface area contributed by atoms with Crippen LogP contribution in [0.25, 0.3) is 0 Å². The molecule has 7 nitrogen and oxygen atoms in total. The molecule has 0 spiro atoms. The molecule has 0 radical (unpaired) electrons. The van der Waals surface area contributed by atoms with Gasteiger partial charge in [0, 0.05) is 19.3 Å². The van der Waals surface area contributed by atoms with E-state index in [0.29, 0.717) is 6.54 Å². The van der Waals surface area contributed by atoms with Crippen LogP contribution in [0, 0.1) is 0 Å². The number of nitrogens with one attached hydrogen (secondary N) is 1. The second-order valence-electron chi connectivity index (χ2n) is 3.71. The van der Waals surface area contributed by atoms with E-state index in [2.05, 4.69) is 15.3 Å². The van der Waals surface area contributed by atoms with Crippen LogP contribution in [0.4, 0.5) is 5.95 Å². The molecule has 0 aliphatic rings. The highest BCUT2D eigenvalue weighted by atomic mass is 16.5. The molecule has 17 heavy (non-hydrogen) atoms. The molecule has 1 aromatic rings. The van der Waals surface area contributed by atoms with Crippen molar-refractivity contribution in [3.05, 3.63) is 11.8 Å². The molecule has 0 atom stereocenters. The van der Waals surface area contributed by atoms with Gasteiger partial charge in [-0.3, -0.25) is 4.79 Å². The third kappa shape index (κ3) is 3.87. The van der Waals surface area contributed by atoms with Crippen molar-refractivity contribution < 1.29 is 9.53 Å². The summed E-state index contributed by atoms with van der Waals surface area (Å²) in [6, 6.07) is 0. The average Bonchev–Trinajstić information content (AvgIpc) is 2.28. The van der Waals surface area contributed by atoms with Crippen LogP contribution >= 0.6 is 0 Å². The Kier molecular flexibility index (Phi) is 4.65. The molecule has 1 heterocycles. The van der Waals surface area contributed by atoms with Crippen LogP contribution < -0.4 is 15.8 Å². The van der Waals surface area contributed by atoms with Crippen molar-refractivity contribution in [3.8, 4) is 5.88 Å². The minimum Gasteiger partial charge on any atom is -0.480 e. The van der Waals surface area contributed by atoms with E-state index >= 15 is 0 Å². The Morgan fingerprint density at radius 3 is 2.88 bits per heavy atom. The zero-order chi connectivity index (χ0) is 12.8. The number of likely N-dealkylation sites (N-methyl/N-ethyl adjacent to an activating group) is 1. The molecular weight excluding hydrogens is 222 g/mol. The van der Waals surface area contributed by atoms with Gasteiger partial charge >= 0.3 is 0 Å². The lowest BCUT2D eigenvalue weighted by molar-refractivity contribution is 0.0947. The predicted molar refractivity (Wildman–Crippen MR) is 63.9 cm³/mol. The predicted octanol–water partition coefficient (Wildman–Crippen LogP) is -0.641. The Hall–Kier alpha value is -1.89. The summed E-state index contributed by atoms with van der Waals surface area (Å²) in [5.74, 6) is -0.0183. The van der Waals surface area contributed by atoms with Gasteiger partial charge in [-0.2, -0.15) is 4.98 Å². The largest absolute Gasteiger partial charge is 0.480 e. The molecule has 1 amide bonds. The van der Waals surface area contributed by atoms with E-state index in [1.807, 2.05) is 19.0 Å². The summed E-state index contributed by atoms with van der Waals surface area (Å²) in [6.07, 6.45) is 1.35. The number of nitrogens with zero attached hydrogens (tertiary/aromatic N) is 3. The first kappa shape index (κ1) is 13.2. The number of hydrogen-bond donors (Lipinski definition) is 2. The lowest BCUT2D eigenvalue weighted by Gasteiger charge is -2.11. The van der Waals surface area contributed by atoms with Crippen molar-refractivity contribution in [3.63, 3.8) is 0 Å². The summed E-state index contributed by atoms with van der Waals surface area (Å²) in [4.78, 5) is 21.4. The number of amides is 1. The summed E-state index contributed by atoms with van der Waals surface area (Å²) in [5.41, 5.74) is 5.68. The Morgan fingerprint density at radius 1 is 1.59 bits per heavy atom. The van der Waals surface area contributed by atoms with Crippen molar-refractivity contribution in [2.45, 2.75) is 0 Å². The summed E-state index contributed by atoms with van der Waals surface area (Å²) in [5, 5.41) is 2.74.